The second-order valence-electron chi connectivity index (χ2n) is 8.74. The van der Waals surface area contributed by atoms with E-state index in [2.05, 4.69) is 33.3 Å². The lowest BCUT2D eigenvalue weighted by Crippen LogP contribution is -2.57. The van der Waals surface area contributed by atoms with E-state index in [1.54, 1.807) is 4.52 Å². The van der Waals surface area contributed by atoms with Crippen LogP contribution >= 0.6 is 0 Å². The van der Waals surface area contributed by atoms with Gasteiger partial charge in [0.25, 0.3) is 5.92 Å². The SMILES string of the molecule is CCN1CC2(CCC(c3cccc4nc(NC(=O)[C@@H]5CC5(F)F)nn34)CC2)C1. The molecule has 0 radical (unpaired) electrons. The number of halogens is 2. The molecule has 1 spiro atoms. The van der Waals surface area contributed by atoms with Gasteiger partial charge in [-0.1, -0.05) is 13.0 Å². The van der Waals surface area contributed by atoms with E-state index in [4.69, 9.17) is 0 Å². The van der Waals surface area contributed by atoms with Gasteiger partial charge in [0.15, 0.2) is 5.65 Å². The molecule has 2 aromatic rings. The summed E-state index contributed by atoms with van der Waals surface area (Å²) in [6, 6.07) is 5.84. The van der Waals surface area contributed by atoms with Crippen molar-refractivity contribution in [1.82, 2.24) is 19.5 Å². The van der Waals surface area contributed by atoms with Gasteiger partial charge >= 0.3 is 0 Å². The standard InChI is InChI=1S/C20H25F2N5O/c1-2-26-11-19(12-26)8-6-13(7-9-19)15-4-3-5-16-23-18(25-27(15)16)24-17(28)14-10-20(14,21)22/h3-5,13-14H,2,6-12H2,1H3,(H,24,25,28)/t14-/m0/s1. The van der Waals surface area contributed by atoms with E-state index < -0.39 is 24.2 Å². The first-order chi connectivity index (χ1) is 13.4. The topological polar surface area (TPSA) is 62.5 Å². The van der Waals surface area contributed by atoms with Crippen LogP contribution in [0.15, 0.2) is 18.2 Å². The highest BCUT2D eigenvalue weighted by molar-refractivity contribution is 5.94. The number of pyridine rings is 1. The van der Waals surface area contributed by atoms with Crippen molar-refractivity contribution in [3.8, 4) is 0 Å². The quantitative estimate of drug-likeness (QED) is 0.872. The molecule has 3 aliphatic rings. The average molecular weight is 389 g/mol. The zero-order valence-corrected chi connectivity index (χ0v) is 16.0. The fourth-order valence-corrected chi connectivity index (χ4v) is 4.95. The first kappa shape index (κ1) is 18.0. The first-order valence-corrected chi connectivity index (χ1v) is 10.2. The lowest BCUT2D eigenvalue weighted by molar-refractivity contribution is -0.119. The van der Waals surface area contributed by atoms with E-state index >= 15 is 0 Å². The van der Waals surface area contributed by atoms with Crippen LogP contribution in [-0.2, 0) is 4.79 Å². The summed E-state index contributed by atoms with van der Waals surface area (Å²) in [4.78, 5) is 18.7. The third kappa shape index (κ3) is 2.98. The number of alkyl halides is 2. The highest BCUT2D eigenvalue weighted by atomic mass is 19.3. The van der Waals surface area contributed by atoms with Crippen molar-refractivity contribution in [2.24, 2.45) is 11.3 Å². The Morgan fingerprint density at radius 3 is 2.64 bits per heavy atom. The van der Waals surface area contributed by atoms with E-state index in [1.165, 1.54) is 25.9 Å². The summed E-state index contributed by atoms with van der Waals surface area (Å²) < 4.78 is 28.0. The summed E-state index contributed by atoms with van der Waals surface area (Å²) in [5.74, 6) is -4.33. The summed E-state index contributed by atoms with van der Waals surface area (Å²) in [6.45, 7) is 5.77. The summed E-state index contributed by atoms with van der Waals surface area (Å²) in [7, 11) is 0. The molecule has 1 saturated heterocycles. The van der Waals surface area contributed by atoms with Crippen molar-refractivity contribution in [1.29, 1.82) is 0 Å². The zero-order valence-electron chi connectivity index (χ0n) is 16.0. The predicted octanol–water partition coefficient (Wildman–Crippen LogP) is 3.30. The number of hydrogen-bond acceptors (Lipinski definition) is 4. The van der Waals surface area contributed by atoms with Crippen molar-refractivity contribution in [2.75, 3.05) is 25.0 Å². The number of aromatic nitrogens is 3. The molecule has 150 valence electrons. The number of likely N-dealkylation sites (tertiary alicyclic amines) is 1. The molecule has 8 heteroatoms. The van der Waals surface area contributed by atoms with Crippen LogP contribution in [0.5, 0.6) is 0 Å². The number of hydrogen-bond donors (Lipinski definition) is 1. The number of nitrogens with zero attached hydrogens (tertiary/aromatic N) is 4. The normalized spacial score (nSPS) is 26.3. The minimum absolute atomic E-state index is 0.102. The molecule has 5 rings (SSSR count). The molecule has 1 amide bonds. The highest BCUT2D eigenvalue weighted by Crippen LogP contribution is 2.49. The van der Waals surface area contributed by atoms with Gasteiger partial charge in [0, 0.05) is 31.1 Å². The Morgan fingerprint density at radius 1 is 1.29 bits per heavy atom. The Labute approximate surface area is 162 Å². The summed E-state index contributed by atoms with van der Waals surface area (Å²) in [6.07, 6.45) is 4.29. The minimum Gasteiger partial charge on any atom is -0.302 e. The van der Waals surface area contributed by atoms with Crippen molar-refractivity contribution >= 4 is 17.5 Å². The van der Waals surface area contributed by atoms with Gasteiger partial charge in [-0.2, -0.15) is 4.98 Å². The highest BCUT2D eigenvalue weighted by Gasteiger charge is 2.61. The third-order valence-electron chi connectivity index (χ3n) is 6.80. The lowest BCUT2D eigenvalue weighted by atomic mass is 9.65. The Morgan fingerprint density at radius 2 is 2.00 bits per heavy atom. The summed E-state index contributed by atoms with van der Waals surface area (Å²) in [5, 5.41) is 6.86. The molecular formula is C20H25F2N5O. The van der Waals surface area contributed by atoms with Gasteiger partial charge in [-0.05, 0) is 49.8 Å². The molecule has 0 unspecified atom stereocenters. The maximum Gasteiger partial charge on any atom is 0.260 e. The maximum atomic E-state index is 13.1. The zero-order chi connectivity index (χ0) is 19.5. The second-order valence-corrected chi connectivity index (χ2v) is 8.74. The Hall–Kier alpha value is -2.09. The van der Waals surface area contributed by atoms with Crippen molar-refractivity contribution in [3.63, 3.8) is 0 Å². The summed E-state index contributed by atoms with van der Waals surface area (Å²) >= 11 is 0. The number of carbonyl (C=O) groups excluding carboxylic acids is 1. The molecule has 2 aromatic heterocycles. The Kier molecular flexibility index (Phi) is 3.98. The fraction of sp³-hybridized carbons (Fsp3) is 0.650. The van der Waals surface area contributed by atoms with Crippen LogP contribution in [0.2, 0.25) is 0 Å². The number of amides is 1. The number of anilines is 1. The molecule has 1 N–H and O–H groups in total. The van der Waals surface area contributed by atoms with Gasteiger partial charge in [-0.25, -0.2) is 13.3 Å². The molecule has 0 aromatic carbocycles. The van der Waals surface area contributed by atoms with Gasteiger partial charge in [-0.3, -0.25) is 10.1 Å². The van der Waals surface area contributed by atoms with E-state index in [1.807, 2.05) is 12.1 Å². The van der Waals surface area contributed by atoms with E-state index in [9.17, 15) is 13.6 Å². The molecule has 3 heterocycles. The van der Waals surface area contributed by atoms with Crippen LogP contribution in [-0.4, -0.2) is 51.0 Å². The first-order valence-electron chi connectivity index (χ1n) is 10.2. The summed E-state index contributed by atoms with van der Waals surface area (Å²) in [5.41, 5.74) is 2.22. The van der Waals surface area contributed by atoms with Crippen LogP contribution in [0.1, 0.15) is 50.6 Å². The van der Waals surface area contributed by atoms with Crippen LogP contribution in [0.25, 0.3) is 5.65 Å². The van der Waals surface area contributed by atoms with Crippen LogP contribution in [0, 0.1) is 11.3 Å². The largest absolute Gasteiger partial charge is 0.302 e. The average Bonchev–Trinajstić information content (AvgIpc) is 3.10. The molecule has 6 nitrogen and oxygen atoms in total. The van der Waals surface area contributed by atoms with Crippen LogP contribution < -0.4 is 5.32 Å². The number of rotatable bonds is 4. The molecule has 1 atom stereocenters. The van der Waals surface area contributed by atoms with Gasteiger partial charge in [0.2, 0.25) is 11.9 Å². The molecular weight excluding hydrogens is 364 g/mol. The Balaban J connectivity index is 1.31. The van der Waals surface area contributed by atoms with Crippen LogP contribution in [0.4, 0.5) is 14.7 Å². The van der Waals surface area contributed by atoms with Gasteiger partial charge in [0.05, 0.1) is 0 Å². The van der Waals surface area contributed by atoms with Gasteiger partial charge in [-0.15, -0.1) is 5.10 Å². The van der Waals surface area contributed by atoms with Crippen LogP contribution in [0.3, 0.4) is 0 Å². The van der Waals surface area contributed by atoms with E-state index in [0.29, 0.717) is 17.0 Å². The van der Waals surface area contributed by atoms with Gasteiger partial charge < -0.3 is 4.90 Å². The fourth-order valence-electron chi connectivity index (χ4n) is 4.95. The number of nitrogens with one attached hydrogen (secondary N) is 1. The minimum atomic E-state index is -2.89. The molecule has 28 heavy (non-hydrogen) atoms. The van der Waals surface area contributed by atoms with E-state index in [0.717, 1.165) is 25.1 Å². The molecule has 2 saturated carbocycles. The van der Waals surface area contributed by atoms with Crippen molar-refractivity contribution in [3.05, 3.63) is 23.9 Å². The molecule has 2 aliphatic carbocycles. The van der Waals surface area contributed by atoms with E-state index in [-0.39, 0.29) is 5.95 Å². The molecule has 1 aliphatic heterocycles. The number of fused-ring (bicyclic) bond motifs is 1. The lowest BCUT2D eigenvalue weighted by Gasteiger charge is -2.53. The number of carbonyl (C=O) groups is 1. The third-order valence-corrected chi connectivity index (χ3v) is 6.80. The monoisotopic (exact) mass is 389 g/mol. The second kappa shape index (κ2) is 6.20. The maximum absolute atomic E-state index is 13.1. The molecule has 3 fully saturated rings. The Bertz CT molecular complexity index is 910. The predicted molar refractivity (Wildman–Crippen MR) is 100 cm³/mol. The van der Waals surface area contributed by atoms with Crippen molar-refractivity contribution < 1.29 is 13.6 Å². The molecule has 0 bridgehead atoms. The van der Waals surface area contributed by atoms with Gasteiger partial charge in [0.1, 0.15) is 5.92 Å². The smallest absolute Gasteiger partial charge is 0.260 e. The van der Waals surface area contributed by atoms with Crippen molar-refractivity contribution in [2.45, 2.75) is 50.9 Å².